The molecule has 0 aliphatic heterocycles. The highest BCUT2D eigenvalue weighted by Crippen LogP contribution is 2.02. The summed E-state index contributed by atoms with van der Waals surface area (Å²) in [6.45, 7) is 3.76. The van der Waals surface area contributed by atoms with Crippen molar-refractivity contribution < 1.29 is 4.79 Å². The zero-order valence-corrected chi connectivity index (χ0v) is 8.82. The van der Waals surface area contributed by atoms with Crippen LogP contribution in [0.4, 0.5) is 0 Å². The summed E-state index contributed by atoms with van der Waals surface area (Å²) in [7, 11) is 1.98. The number of carbonyl (C=O) groups is 1. The van der Waals surface area contributed by atoms with Gasteiger partial charge in [0.2, 0.25) is 0 Å². The van der Waals surface area contributed by atoms with E-state index < -0.39 is 0 Å². The second-order valence-electron chi connectivity index (χ2n) is 3.67. The Hall–Kier alpha value is -1.29. The summed E-state index contributed by atoms with van der Waals surface area (Å²) in [5.41, 5.74) is 1.77. The summed E-state index contributed by atoms with van der Waals surface area (Å²) < 4.78 is 0. The predicted molar refractivity (Wildman–Crippen MR) is 60.1 cm³/mol. The summed E-state index contributed by atoms with van der Waals surface area (Å²) in [5.74, 6) is 5.47. The maximum atomic E-state index is 11.7. The predicted octanol–water partition coefficient (Wildman–Crippen LogP) is -0.331. The smallest absolute Gasteiger partial charge is 0.268 e. The first-order valence-electron chi connectivity index (χ1n) is 4.67. The molecule has 0 saturated carbocycles. The third-order valence-corrected chi connectivity index (χ3v) is 2.09. The maximum Gasteiger partial charge on any atom is 0.268 e. The minimum atomic E-state index is -0.139. The van der Waals surface area contributed by atoms with Crippen LogP contribution in [0.15, 0.2) is 24.3 Å². The standard InChI is InChI=1S/C10H15BN2O/c1-7(2)13(12)10(14)8-3-5-9(11)6-4-8/h3-7H,11-12H2,1-2H3. The average molecular weight is 190 g/mol. The van der Waals surface area contributed by atoms with Gasteiger partial charge in [-0.3, -0.25) is 9.80 Å². The Morgan fingerprint density at radius 3 is 2.29 bits per heavy atom. The Balaban J connectivity index is 2.84. The average Bonchev–Trinajstić information content (AvgIpc) is 2.16. The molecule has 14 heavy (non-hydrogen) atoms. The van der Waals surface area contributed by atoms with Crippen LogP contribution in [0.25, 0.3) is 0 Å². The molecule has 1 rings (SSSR count). The van der Waals surface area contributed by atoms with Gasteiger partial charge >= 0.3 is 0 Å². The third-order valence-electron chi connectivity index (χ3n) is 2.09. The molecule has 0 aliphatic carbocycles. The molecule has 4 heteroatoms. The minimum absolute atomic E-state index is 0.0174. The molecule has 2 N–H and O–H groups in total. The van der Waals surface area contributed by atoms with Crippen LogP contribution in [-0.2, 0) is 0 Å². The Bertz CT molecular complexity index is 321. The van der Waals surface area contributed by atoms with E-state index in [-0.39, 0.29) is 11.9 Å². The fourth-order valence-electron chi connectivity index (χ4n) is 1.08. The number of nitrogens with zero attached hydrogens (tertiary/aromatic N) is 1. The van der Waals surface area contributed by atoms with E-state index in [1.807, 2.05) is 33.8 Å². The van der Waals surface area contributed by atoms with Crippen molar-refractivity contribution >= 4 is 19.2 Å². The molecule has 74 valence electrons. The van der Waals surface area contributed by atoms with Crippen molar-refractivity contribution in [1.29, 1.82) is 0 Å². The summed E-state index contributed by atoms with van der Waals surface area (Å²) in [6.07, 6.45) is 0. The van der Waals surface area contributed by atoms with Crippen molar-refractivity contribution in [3.05, 3.63) is 29.8 Å². The van der Waals surface area contributed by atoms with E-state index in [1.165, 1.54) is 5.01 Å². The number of carbonyl (C=O) groups excluding carboxylic acids is 1. The molecule has 0 aliphatic rings. The van der Waals surface area contributed by atoms with E-state index in [2.05, 4.69) is 0 Å². The van der Waals surface area contributed by atoms with Crippen LogP contribution in [0.1, 0.15) is 24.2 Å². The van der Waals surface area contributed by atoms with Gasteiger partial charge in [0.05, 0.1) is 0 Å². The van der Waals surface area contributed by atoms with Gasteiger partial charge in [-0.2, -0.15) is 0 Å². The number of hydrogen-bond acceptors (Lipinski definition) is 2. The van der Waals surface area contributed by atoms with Crippen LogP contribution in [0, 0.1) is 0 Å². The molecule has 0 radical (unpaired) electrons. The molecular weight excluding hydrogens is 175 g/mol. The molecule has 0 fully saturated rings. The highest BCUT2D eigenvalue weighted by molar-refractivity contribution is 6.32. The fraction of sp³-hybridized carbons (Fsp3) is 0.300. The topological polar surface area (TPSA) is 46.3 Å². The van der Waals surface area contributed by atoms with Crippen molar-refractivity contribution in [3.63, 3.8) is 0 Å². The quantitative estimate of drug-likeness (QED) is 0.300. The molecule has 0 bridgehead atoms. The maximum absolute atomic E-state index is 11.7. The van der Waals surface area contributed by atoms with Crippen LogP contribution in [-0.4, -0.2) is 24.8 Å². The van der Waals surface area contributed by atoms with E-state index in [1.54, 1.807) is 12.1 Å². The summed E-state index contributed by atoms with van der Waals surface area (Å²) in [6, 6.07) is 7.41. The van der Waals surface area contributed by atoms with Crippen LogP contribution in [0.3, 0.4) is 0 Å². The first-order chi connectivity index (χ1) is 6.52. The fourth-order valence-corrected chi connectivity index (χ4v) is 1.08. The highest BCUT2D eigenvalue weighted by atomic mass is 16.2. The van der Waals surface area contributed by atoms with E-state index >= 15 is 0 Å². The number of hydrogen-bond donors (Lipinski definition) is 1. The van der Waals surface area contributed by atoms with Gasteiger partial charge in [-0.05, 0) is 26.0 Å². The molecule has 0 heterocycles. The lowest BCUT2D eigenvalue weighted by Gasteiger charge is -2.20. The van der Waals surface area contributed by atoms with Crippen molar-refractivity contribution in [2.45, 2.75) is 19.9 Å². The summed E-state index contributed by atoms with van der Waals surface area (Å²) >= 11 is 0. The Morgan fingerprint density at radius 2 is 1.86 bits per heavy atom. The zero-order valence-electron chi connectivity index (χ0n) is 8.82. The Kier molecular flexibility index (Phi) is 3.30. The third kappa shape index (κ3) is 2.36. The first kappa shape index (κ1) is 10.8. The molecule has 0 unspecified atom stereocenters. The van der Waals surface area contributed by atoms with Crippen molar-refractivity contribution in [2.24, 2.45) is 5.84 Å². The highest BCUT2D eigenvalue weighted by Gasteiger charge is 2.14. The number of benzene rings is 1. The van der Waals surface area contributed by atoms with Gasteiger partial charge in [0.25, 0.3) is 5.91 Å². The first-order valence-corrected chi connectivity index (χ1v) is 4.67. The van der Waals surface area contributed by atoms with E-state index in [9.17, 15) is 4.79 Å². The lowest BCUT2D eigenvalue weighted by Crippen LogP contribution is -2.42. The van der Waals surface area contributed by atoms with E-state index in [0.29, 0.717) is 5.56 Å². The van der Waals surface area contributed by atoms with Crippen molar-refractivity contribution in [2.75, 3.05) is 0 Å². The lowest BCUT2D eigenvalue weighted by atomic mass is 9.95. The second kappa shape index (κ2) is 4.29. The van der Waals surface area contributed by atoms with Gasteiger partial charge in [-0.15, -0.1) is 0 Å². The molecule has 0 spiro atoms. The number of rotatable bonds is 2. The van der Waals surface area contributed by atoms with Crippen LogP contribution in [0.2, 0.25) is 0 Å². The van der Waals surface area contributed by atoms with Crippen molar-refractivity contribution in [1.82, 2.24) is 5.01 Å². The summed E-state index contributed by atoms with van der Waals surface area (Å²) in [4.78, 5) is 11.7. The van der Waals surface area contributed by atoms with E-state index in [0.717, 1.165) is 5.46 Å². The molecule has 1 aromatic rings. The van der Waals surface area contributed by atoms with Gasteiger partial charge in [0.15, 0.2) is 0 Å². The summed E-state index contributed by atoms with van der Waals surface area (Å²) in [5, 5.41) is 1.24. The molecule has 0 atom stereocenters. The van der Waals surface area contributed by atoms with Gasteiger partial charge in [0, 0.05) is 11.6 Å². The van der Waals surface area contributed by atoms with Gasteiger partial charge in [-0.25, -0.2) is 5.84 Å². The number of amides is 1. The lowest BCUT2D eigenvalue weighted by molar-refractivity contribution is 0.0706. The molecule has 1 amide bonds. The van der Waals surface area contributed by atoms with Crippen LogP contribution < -0.4 is 11.3 Å². The number of hydrazine groups is 1. The molecular formula is C10H15BN2O. The minimum Gasteiger partial charge on any atom is -0.274 e. The Morgan fingerprint density at radius 1 is 1.36 bits per heavy atom. The Labute approximate surface area is 85.3 Å². The van der Waals surface area contributed by atoms with Gasteiger partial charge in [0.1, 0.15) is 7.85 Å². The molecule has 1 aromatic carbocycles. The molecule has 0 aromatic heterocycles. The van der Waals surface area contributed by atoms with Crippen molar-refractivity contribution in [3.8, 4) is 0 Å². The molecule has 3 nitrogen and oxygen atoms in total. The second-order valence-corrected chi connectivity index (χ2v) is 3.67. The van der Waals surface area contributed by atoms with E-state index in [4.69, 9.17) is 5.84 Å². The largest absolute Gasteiger partial charge is 0.274 e. The monoisotopic (exact) mass is 190 g/mol. The SMILES string of the molecule is Bc1ccc(C(=O)N(N)C(C)C)cc1. The van der Waals surface area contributed by atoms with Crippen LogP contribution >= 0.6 is 0 Å². The zero-order chi connectivity index (χ0) is 10.7. The van der Waals surface area contributed by atoms with Crippen LogP contribution in [0.5, 0.6) is 0 Å². The van der Waals surface area contributed by atoms with Gasteiger partial charge in [-0.1, -0.05) is 17.6 Å². The molecule has 0 saturated heterocycles. The van der Waals surface area contributed by atoms with Gasteiger partial charge < -0.3 is 0 Å². The normalized spacial score (nSPS) is 10.3. The number of nitrogens with two attached hydrogens (primary N) is 1.